The van der Waals surface area contributed by atoms with E-state index in [-0.39, 0.29) is 24.6 Å². The summed E-state index contributed by atoms with van der Waals surface area (Å²) >= 11 is 0. The third kappa shape index (κ3) is 2.10. The second-order valence-electron chi connectivity index (χ2n) is 5.54. The lowest BCUT2D eigenvalue weighted by Gasteiger charge is -2.24. The Kier molecular flexibility index (Phi) is 3.18. The van der Waals surface area contributed by atoms with Gasteiger partial charge in [0.2, 0.25) is 0 Å². The van der Waals surface area contributed by atoms with Gasteiger partial charge in [0.1, 0.15) is 0 Å². The van der Waals surface area contributed by atoms with E-state index < -0.39 is 0 Å². The van der Waals surface area contributed by atoms with Crippen LogP contribution < -0.4 is 5.32 Å². The number of aliphatic hydroxyl groups is 1. The summed E-state index contributed by atoms with van der Waals surface area (Å²) in [7, 11) is 1.91. The number of fused-ring (bicyclic) bond motifs is 2. The van der Waals surface area contributed by atoms with E-state index in [4.69, 9.17) is 0 Å². The Morgan fingerprint density at radius 2 is 2.42 bits per heavy atom. The van der Waals surface area contributed by atoms with Gasteiger partial charge in [-0.15, -0.1) is 0 Å². The summed E-state index contributed by atoms with van der Waals surface area (Å²) in [5, 5.41) is 12.3. The molecule has 3 atom stereocenters. The third-order valence-corrected chi connectivity index (χ3v) is 4.47. The van der Waals surface area contributed by atoms with Gasteiger partial charge in [-0.25, -0.2) is 9.78 Å². The first-order valence-electron chi connectivity index (χ1n) is 6.83. The van der Waals surface area contributed by atoms with Gasteiger partial charge in [-0.3, -0.25) is 0 Å². The van der Waals surface area contributed by atoms with Crippen LogP contribution in [-0.2, 0) is 13.6 Å². The first-order chi connectivity index (χ1) is 9.20. The van der Waals surface area contributed by atoms with Gasteiger partial charge in [-0.05, 0) is 19.3 Å². The number of carbonyl (C=O) groups is 1. The predicted octanol–water partition coefficient (Wildman–Crippen LogP) is 0.475. The van der Waals surface area contributed by atoms with E-state index in [2.05, 4.69) is 10.3 Å². The van der Waals surface area contributed by atoms with Crippen molar-refractivity contribution in [1.29, 1.82) is 0 Å². The van der Waals surface area contributed by atoms with Crippen LogP contribution >= 0.6 is 0 Å². The number of carbonyl (C=O) groups excluding carboxylic acids is 1. The van der Waals surface area contributed by atoms with Gasteiger partial charge in [0, 0.05) is 37.9 Å². The van der Waals surface area contributed by atoms with Crippen LogP contribution in [0, 0.1) is 5.92 Å². The van der Waals surface area contributed by atoms with Crippen molar-refractivity contribution in [2.75, 3.05) is 6.61 Å². The van der Waals surface area contributed by atoms with Crippen LogP contribution in [0.15, 0.2) is 12.5 Å². The maximum atomic E-state index is 12.3. The summed E-state index contributed by atoms with van der Waals surface area (Å²) in [6.45, 7) is 0.682. The molecule has 2 saturated heterocycles. The lowest BCUT2D eigenvalue weighted by molar-refractivity contribution is 0.169. The Morgan fingerprint density at radius 1 is 1.58 bits per heavy atom. The zero-order valence-corrected chi connectivity index (χ0v) is 11.1. The van der Waals surface area contributed by atoms with Crippen molar-refractivity contribution in [3.05, 3.63) is 18.2 Å². The molecule has 6 heteroatoms. The van der Waals surface area contributed by atoms with Crippen molar-refractivity contribution in [1.82, 2.24) is 19.8 Å². The molecule has 3 heterocycles. The van der Waals surface area contributed by atoms with E-state index in [0.29, 0.717) is 12.6 Å². The van der Waals surface area contributed by atoms with Crippen molar-refractivity contribution in [3.8, 4) is 0 Å². The van der Waals surface area contributed by atoms with E-state index in [1.807, 2.05) is 16.5 Å². The van der Waals surface area contributed by atoms with Gasteiger partial charge in [0.15, 0.2) is 0 Å². The predicted molar refractivity (Wildman–Crippen MR) is 69.3 cm³/mol. The molecule has 1 aromatic rings. The Balaban J connectivity index is 1.61. The van der Waals surface area contributed by atoms with Crippen LogP contribution in [0.5, 0.6) is 0 Å². The number of amides is 2. The number of aryl methyl sites for hydroxylation is 1. The van der Waals surface area contributed by atoms with E-state index in [1.165, 1.54) is 0 Å². The molecule has 2 bridgehead atoms. The largest absolute Gasteiger partial charge is 0.396 e. The number of nitrogens with zero attached hydrogens (tertiary/aromatic N) is 3. The maximum Gasteiger partial charge on any atom is 0.318 e. The fourth-order valence-corrected chi connectivity index (χ4v) is 3.44. The van der Waals surface area contributed by atoms with Crippen LogP contribution in [0.1, 0.15) is 25.0 Å². The molecule has 0 radical (unpaired) electrons. The second kappa shape index (κ2) is 4.85. The molecule has 2 amide bonds. The number of aliphatic hydroxyl groups excluding tert-OH is 1. The van der Waals surface area contributed by atoms with Gasteiger partial charge < -0.3 is 19.9 Å². The Bertz CT molecular complexity index is 473. The van der Waals surface area contributed by atoms with Gasteiger partial charge in [0.05, 0.1) is 18.6 Å². The topological polar surface area (TPSA) is 70.4 Å². The molecule has 3 unspecified atom stereocenters. The van der Waals surface area contributed by atoms with Crippen molar-refractivity contribution in [2.45, 2.75) is 37.9 Å². The third-order valence-electron chi connectivity index (χ3n) is 4.47. The molecule has 0 aromatic carbocycles. The molecule has 1 aromatic heterocycles. The van der Waals surface area contributed by atoms with E-state index in [9.17, 15) is 9.90 Å². The van der Waals surface area contributed by atoms with Crippen molar-refractivity contribution in [2.24, 2.45) is 13.0 Å². The summed E-state index contributed by atoms with van der Waals surface area (Å²) in [5.41, 5.74) is 0.985. The van der Waals surface area contributed by atoms with Crippen LogP contribution in [-0.4, -0.2) is 44.3 Å². The second-order valence-corrected chi connectivity index (χ2v) is 5.54. The fraction of sp³-hybridized carbons (Fsp3) is 0.692. The molecule has 0 aliphatic carbocycles. The minimum absolute atomic E-state index is 0.00958. The molecule has 19 heavy (non-hydrogen) atoms. The maximum absolute atomic E-state index is 12.3. The minimum atomic E-state index is -0.00958. The summed E-state index contributed by atoms with van der Waals surface area (Å²) in [6.07, 6.45) is 6.52. The highest BCUT2D eigenvalue weighted by Gasteiger charge is 2.48. The van der Waals surface area contributed by atoms with Crippen LogP contribution in [0.3, 0.4) is 0 Å². The number of hydrogen-bond donors (Lipinski definition) is 2. The number of rotatable bonds is 3. The minimum Gasteiger partial charge on any atom is -0.396 e. The number of urea groups is 1. The molecule has 0 saturated carbocycles. The molecule has 0 spiro atoms. The summed E-state index contributed by atoms with van der Waals surface area (Å²) in [4.78, 5) is 18.2. The number of imidazole rings is 1. The van der Waals surface area contributed by atoms with E-state index >= 15 is 0 Å². The van der Waals surface area contributed by atoms with Crippen molar-refractivity contribution in [3.63, 3.8) is 0 Å². The first kappa shape index (κ1) is 12.5. The van der Waals surface area contributed by atoms with Crippen molar-refractivity contribution < 1.29 is 9.90 Å². The molecular formula is C13H20N4O2. The highest BCUT2D eigenvalue weighted by molar-refractivity contribution is 5.75. The van der Waals surface area contributed by atoms with Crippen molar-refractivity contribution >= 4 is 6.03 Å². The van der Waals surface area contributed by atoms with Crippen LogP contribution in [0.25, 0.3) is 0 Å². The lowest BCUT2D eigenvalue weighted by atomic mass is 9.90. The Hall–Kier alpha value is -1.56. The van der Waals surface area contributed by atoms with E-state index in [1.54, 1.807) is 12.5 Å². The smallest absolute Gasteiger partial charge is 0.318 e. The average molecular weight is 264 g/mol. The highest BCUT2D eigenvalue weighted by atomic mass is 16.3. The zero-order valence-electron chi connectivity index (χ0n) is 11.1. The van der Waals surface area contributed by atoms with Crippen LogP contribution in [0.2, 0.25) is 0 Å². The first-order valence-corrected chi connectivity index (χ1v) is 6.83. The standard InChI is InChI=1S/C13H20N4O2/c1-16-8-14-5-11(16)6-15-13(19)17-10-2-3-12(17)9(4-10)7-18/h5,8-10,12,18H,2-4,6-7H2,1H3,(H,15,19). The molecule has 2 N–H and O–H groups in total. The monoisotopic (exact) mass is 264 g/mol. The SMILES string of the molecule is Cn1cncc1CNC(=O)N1C2CCC1C(CO)C2. The number of nitrogens with one attached hydrogen (secondary N) is 1. The summed E-state index contributed by atoms with van der Waals surface area (Å²) in [5.74, 6) is 0.265. The Morgan fingerprint density at radius 3 is 3.05 bits per heavy atom. The number of aromatic nitrogens is 2. The van der Waals surface area contributed by atoms with Crippen LogP contribution in [0.4, 0.5) is 4.79 Å². The Labute approximate surface area is 112 Å². The van der Waals surface area contributed by atoms with Gasteiger partial charge in [-0.2, -0.15) is 0 Å². The highest BCUT2D eigenvalue weighted by Crippen LogP contribution is 2.41. The fourth-order valence-electron chi connectivity index (χ4n) is 3.44. The molecule has 104 valence electrons. The molecule has 2 aliphatic rings. The van der Waals surface area contributed by atoms with Gasteiger partial charge >= 0.3 is 6.03 Å². The molecule has 2 aliphatic heterocycles. The zero-order chi connectivity index (χ0) is 13.4. The number of hydrogen-bond acceptors (Lipinski definition) is 3. The normalized spacial score (nSPS) is 28.9. The quantitative estimate of drug-likeness (QED) is 0.834. The lowest BCUT2D eigenvalue weighted by Crippen LogP contribution is -2.43. The van der Waals surface area contributed by atoms with Gasteiger partial charge in [0.25, 0.3) is 0 Å². The summed E-state index contributed by atoms with van der Waals surface area (Å²) in [6, 6.07) is 0.528. The summed E-state index contributed by atoms with van der Waals surface area (Å²) < 4.78 is 1.90. The molecule has 3 rings (SSSR count). The van der Waals surface area contributed by atoms with Gasteiger partial charge in [-0.1, -0.05) is 0 Å². The molecule has 2 fully saturated rings. The molecular weight excluding hydrogens is 244 g/mol. The average Bonchev–Trinajstić information content (AvgIpc) is 3.09. The molecule has 6 nitrogen and oxygen atoms in total. The van der Waals surface area contributed by atoms with E-state index in [0.717, 1.165) is 25.0 Å².